The molecule has 5 rings (SSSR count). The van der Waals surface area contributed by atoms with Crippen LogP contribution in [0.2, 0.25) is 0 Å². The van der Waals surface area contributed by atoms with E-state index in [0.29, 0.717) is 5.69 Å². The van der Waals surface area contributed by atoms with Gasteiger partial charge in [-0.25, -0.2) is 8.42 Å². The third kappa shape index (κ3) is 4.76. The van der Waals surface area contributed by atoms with E-state index in [2.05, 4.69) is 77.5 Å². The second-order valence-corrected chi connectivity index (χ2v) is 10.2. The standard InChI is InChI=1S/C29H25NO2S/c1-33(31,32)30-26-12-7-8-21(18-26)19-29-27-13-6-5-11-23(27)14-15-25-20-24(16-17-28(25)29)22-9-3-2-4-10-22/h2-13,16-20,30H,14-15H2,1H3. The summed E-state index contributed by atoms with van der Waals surface area (Å²) in [5.74, 6) is 0. The summed E-state index contributed by atoms with van der Waals surface area (Å²) in [6.45, 7) is 0. The summed E-state index contributed by atoms with van der Waals surface area (Å²) >= 11 is 0. The van der Waals surface area contributed by atoms with Gasteiger partial charge in [0.05, 0.1) is 6.26 Å². The minimum Gasteiger partial charge on any atom is -0.284 e. The Bertz CT molecular complexity index is 1450. The largest absolute Gasteiger partial charge is 0.284 e. The maximum absolute atomic E-state index is 11.7. The molecule has 4 aromatic carbocycles. The highest BCUT2D eigenvalue weighted by Gasteiger charge is 2.18. The molecule has 0 saturated heterocycles. The van der Waals surface area contributed by atoms with Crippen molar-refractivity contribution < 1.29 is 8.42 Å². The molecular weight excluding hydrogens is 426 g/mol. The van der Waals surface area contributed by atoms with Crippen LogP contribution < -0.4 is 4.72 Å². The maximum atomic E-state index is 11.7. The predicted octanol–water partition coefficient (Wildman–Crippen LogP) is 6.41. The number of rotatable bonds is 4. The van der Waals surface area contributed by atoms with Gasteiger partial charge in [0, 0.05) is 5.69 Å². The van der Waals surface area contributed by atoms with Gasteiger partial charge >= 0.3 is 0 Å². The van der Waals surface area contributed by atoms with Gasteiger partial charge in [0.15, 0.2) is 0 Å². The zero-order valence-corrected chi connectivity index (χ0v) is 19.3. The first kappa shape index (κ1) is 21.2. The van der Waals surface area contributed by atoms with Gasteiger partial charge in [-0.15, -0.1) is 0 Å². The molecule has 0 aliphatic heterocycles. The van der Waals surface area contributed by atoms with Gasteiger partial charge in [-0.05, 0) is 75.6 Å². The van der Waals surface area contributed by atoms with Crippen LogP contribution in [0.5, 0.6) is 0 Å². The van der Waals surface area contributed by atoms with Crippen LogP contribution >= 0.6 is 0 Å². The number of anilines is 1. The van der Waals surface area contributed by atoms with E-state index in [1.165, 1.54) is 39.6 Å². The Balaban J connectivity index is 1.65. The molecule has 0 amide bonds. The molecule has 1 N–H and O–H groups in total. The topological polar surface area (TPSA) is 46.2 Å². The number of hydrogen-bond acceptors (Lipinski definition) is 2. The third-order valence-electron chi connectivity index (χ3n) is 5.97. The quantitative estimate of drug-likeness (QED) is 0.390. The van der Waals surface area contributed by atoms with Crippen molar-refractivity contribution in [2.75, 3.05) is 11.0 Å². The lowest BCUT2D eigenvalue weighted by molar-refractivity contribution is 0.607. The fraction of sp³-hybridized carbons (Fsp3) is 0.103. The molecule has 0 bridgehead atoms. The van der Waals surface area contributed by atoms with Crippen molar-refractivity contribution in [2.45, 2.75) is 12.8 Å². The van der Waals surface area contributed by atoms with Gasteiger partial charge in [-0.1, -0.05) is 84.9 Å². The molecular formula is C29H25NO2S. The first-order chi connectivity index (χ1) is 16.0. The van der Waals surface area contributed by atoms with Crippen LogP contribution in [-0.2, 0) is 22.9 Å². The number of benzene rings is 4. The van der Waals surface area contributed by atoms with Crippen LogP contribution in [0.1, 0.15) is 27.8 Å². The Kier molecular flexibility index (Phi) is 5.61. The minimum atomic E-state index is -3.33. The lowest BCUT2D eigenvalue weighted by atomic mass is 9.90. The van der Waals surface area contributed by atoms with E-state index in [0.717, 1.165) is 24.0 Å². The highest BCUT2D eigenvalue weighted by Crippen LogP contribution is 2.37. The average Bonchev–Trinajstić information content (AvgIpc) is 2.96. The van der Waals surface area contributed by atoms with E-state index in [-0.39, 0.29) is 0 Å². The molecule has 1 aliphatic rings. The fourth-order valence-corrected chi connectivity index (χ4v) is 5.07. The highest BCUT2D eigenvalue weighted by atomic mass is 32.2. The average molecular weight is 452 g/mol. The summed E-state index contributed by atoms with van der Waals surface area (Å²) in [7, 11) is -3.33. The van der Waals surface area contributed by atoms with Crippen molar-refractivity contribution >= 4 is 27.4 Å². The van der Waals surface area contributed by atoms with E-state index in [1.54, 1.807) is 6.07 Å². The maximum Gasteiger partial charge on any atom is 0.229 e. The molecule has 3 nitrogen and oxygen atoms in total. The molecule has 1 aliphatic carbocycles. The van der Waals surface area contributed by atoms with Gasteiger partial charge in [0.25, 0.3) is 0 Å². The van der Waals surface area contributed by atoms with Gasteiger partial charge < -0.3 is 0 Å². The molecule has 164 valence electrons. The van der Waals surface area contributed by atoms with E-state index in [4.69, 9.17) is 0 Å². The number of hydrogen-bond donors (Lipinski definition) is 1. The van der Waals surface area contributed by atoms with Gasteiger partial charge in [-0.3, -0.25) is 4.72 Å². The first-order valence-electron chi connectivity index (χ1n) is 11.0. The molecule has 0 heterocycles. The summed E-state index contributed by atoms with van der Waals surface area (Å²) in [5.41, 5.74) is 10.2. The normalized spacial score (nSPS) is 14.3. The molecule has 4 aromatic rings. The van der Waals surface area contributed by atoms with Crippen LogP contribution in [0, 0.1) is 0 Å². The Morgan fingerprint density at radius 2 is 1.42 bits per heavy atom. The lowest BCUT2D eigenvalue weighted by Gasteiger charge is -2.14. The summed E-state index contributed by atoms with van der Waals surface area (Å²) in [4.78, 5) is 0. The van der Waals surface area contributed by atoms with E-state index in [1.807, 2.05) is 24.3 Å². The van der Waals surface area contributed by atoms with E-state index in [9.17, 15) is 8.42 Å². The lowest BCUT2D eigenvalue weighted by Crippen LogP contribution is -2.09. The van der Waals surface area contributed by atoms with Crippen molar-refractivity contribution in [3.05, 3.63) is 125 Å². The minimum absolute atomic E-state index is 0.563. The molecule has 0 aromatic heterocycles. The van der Waals surface area contributed by atoms with Crippen molar-refractivity contribution in [1.29, 1.82) is 0 Å². The fourth-order valence-electron chi connectivity index (χ4n) is 4.52. The summed E-state index contributed by atoms with van der Waals surface area (Å²) < 4.78 is 26.0. The van der Waals surface area contributed by atoms with Crippen molar-refractivity contribution in [3.63, 3.8) is 0 Å². The second kappa shape index (κ2) is 8.72. The van der Waals surface area contributed by atoms with Crippen LogP contribution in [-0.4, -0.2) is 14.7 Å². The Labute approximate surface area is 195 Å². The third-order valence-corrected chi connectivity index (χ3v) is 6.58. The van der Waals surface area contributed by atoms with Gasteiger partial charge in [-0.2, -0.15) is 0 Å². The summed E-state index contributed by atoms with van der Waals surface area (Å²) in [6.07, 6.45) is 5.29. The Hall–Kier alpha value is -3.63. The summed E-state index contributed by atoms with van der Waals surface area (Å²) in [6, 6.07) is 33.3. The molecule has 0 unspecified atom stereocenters. The van der Waals surface area contributed by atoms with Crippen LogP contribution in [0.15, 0.2) is 97.1 Å². The summed E-state index contributed by atoms with van der Waals surface area (Å²) in [5, 5.41) is 0. The highest BCUT2D eigenvalue weighted by molar-refractivity contribution is 7.92. The number of fused-ring (bicyclic) bond motifs is 2. The van der Waals surface area contributed by atoms with Crippen LogP contribution in [0.4, 0.5) is 5.69 Å². The SMILES string of the molecule is CS(=O)(=O)Nc1cccc(C=C2c3ccccc3CCc3cc(-c4ccccc4)ccc32)c1. The molecule has 4 heteroatoms. The number of sulfonamides is 1. The Morgan fingerprint density at radius 3 is 2.24 bits per heavy atom. The monoisotopic (exact) mass is 451 g/mol. The van der Waals surface area contributed by atoms with Gasteiger partial charge in [0.2, 0.25) is 10.0 Å². The van der Waals surface area contributed by atoms with Crippen molar-refractivity contribution in [2.24, 2.45) is 0 Å². The number of nitrogens with one attached hydrogen (secondary N) is 1. The van der Waals surface area contributed by atoms with Crippen molar-refractivity contribution in [3.8, 4) is 11.1 Å². The molecule has 0 saturated carbocycles. The predicted molar refractivity (Wildman–Crippen MR) is 138 cm³/mol. The molecule has 33 heavy (non-hydrogen) atoms. The second-order valence-electron chi connectivity index (χ2n) is 8.45. The zero-order chi connectivity index (χ0) is 22.8. The van der Waals surface area contributed by atoms with Crippen LogP contribution in [0.3, 0.4) is 0 Å². The van der Waals surface area contributed by atoms with Gasteiger partial charge in [0.1, 0.15) is 0 Å². The smallest absolute Gasteiger partial charge is 0.229 e. The number of aryl methyl sites for hydroxylation is 2. The van der Waals surface area contributed by atoms with Crippen molar-refractivity contribution in [1.82, 2.24) is 0 Å². The Morgan fingerprint density at radius 1 is 0.697 bits per heavy atom. The molecule has 0 fully saturated rings. The van der Waals surface area contributed by atoms with Crippen LogP contribution in [0.25, 0.3) is 22.8 Å². The molecule has 0 atom stereocenters. The zero-order valence-electron chi connectivity index (χ0n) is 18.5. The van der Waals surface area contributed by atoms with E-state index < -0.39 is 10.0 Å². The van der Waals surface area contributed by atoms with E-state index >= 15 is 0 Å². The molecule has 0 radical (unpaired) electrons. The first-order valence-corrected chi connectivity index (χ1v) is 12.9. The molecule has 0 spiro atoms.